The molecule has 0 unspecified atom stereocenters. The summed E-state index contributed by atoms with van der Waals surface area (Å²) in [4.78, 5) is 4.74. The minimum absolute atomic E-state index is 0.232. The molecule has 1 heterocycles. The molecule has 6 heteroatoms. The van der Waals surface area contributed by atoms with Gasteiger partial charge in [0, 0.05) is 52.1 Å². The monoisotopic (exact) mass is 249 g/mol. The summed E-state index contributed by atoms with van der Waals surface area (Å²) in [6.45, 7) is 6.94. The maximum atomic E-state index is 10.9. The Hall–Kier alpha value is -0.170. The number of rotatable bonds is 6. The van der Waals surface area contributed by atoms with Gasteiger partial charge in [-0.25, -0.2) is 8.42 Å². The average molecular weight is 249 g/mol. The van der Waals surface area contributed by atoms with Crippen molar-refractivity contribution in [3.63, 3.8) is 0 Å². The van der Waals surface area contributed by atoms with Gasteiger partial charge in [0.2, 0.25) is 0 Å². The van der Waals surface area contributed by atoms with Crippen LogP contribution in [0.25, 0.3) is 0 Å². The molecular weight excluding hydrogens is 226 g/mol. The molecule has 1 saturated heterocycles. The molecule has 0 aromatic carbocycles. The number of hydrogen-bond donors (Lipinski definition) is 1. The van der Waals surface area contributed by atoms with E-state index in [0.717, 1.165) is 39.3 Å². The highest BCUT2D eigenvalue weighted by molar-refractivity contribution is 7.90. The summed E-state index contributed by atoms with van der Waals surface area (Å²) in [5, 5.41) is 3.17. The Balaban J connectivity index is 1.99. The first-order chi connectivity index (χ1) is 7.47. The largest absolute Gasteiger partial charge is 0.314 e. The van der Waals surface area contributed by atoms with Gasteiger partial charge in [-0.05, 0) is 7.05 Å². The minimum Gasteiger partial charge on any atom is -0.314 e. The second-order valence-electron chi connectivity index (χ2n) is 4.52. The third-order valence-electron chi connectivity index (χ3n) is 2.85. The van der Waals surface area contributed by atoms with Crippen molar-refractivity contribution in [2.45, 2.75) is 0 Å². The third-order valence-corrected chi connectivity index (χ3v) is 3.80. The van der Waals surface area contributed by atoms with Gasteiger partial charge in [-0.1, -0.05) is 0 Å². The summed E-state index contributed by atoms with van der Waals surface area (Å²) in [6, 6.07) is 0. The van der Waals surface area contributed by atoms with Crippen molar-refractivity contribution >= 4 is 9.84 Å². The fourth-order valence-electron chi connectivity index (χ4n) is 1.69. The highest BCUT2D eigenvalue weighted by Gasteiger charge is 2.12. The molecule has 0 aromatic heterocycles. The number of nitrogens with zero attached hydrogens (tertiary/aromatic N) is 2. The van der Waals surface area contributed by atoms with Crippen LogP contribution in [0.3, 0.4) is 0 Å². The van der Waals surface area contributed by atoms with Gasteiger partial charge in [0.1, 0.15) is 9.84 Å². The van der Waals surface area contributed by atoms with Crippen LogP contribution in [-0.4, -0.2) is 83.1 Å². The number of hydrogen-bond acceptors (Lipinski definition) is 5. The molecule has 0 radical (unpaired) electrons. The van der Waals surface area contributed by atoms with Crippen LogP contribution in [0, 0.1) is 0 Å². The topological polar surface area (TPSA) is 52.6 Å². The van der Waals surface area contributed by atoms with Crippen LogP contribution in [0.15, 0.2) is 0 Å². The maximum Gasteiger partial charge on any atom is 0.148 e. The molecule has 0 saturated carbocycles. The molecule has 0 spiro atoms. The lowest BCUT2D eigenvalue weighted by Crippen LogP contribution is -2.46. The molecule has 1 fully saturated rings. The lowest BCUT2D eigenvalue weighted by molar-refractivity contribution is 0.155. The van der Waals surface area contributed by atoms with E-state index in [-0.39, 0.29) is 5.75 Å². The first-order valence-electron chi connectivity index (χ1n) is 5.77. The van der Waals surface area contributed by atoms with Crippen LogP contribution in [0.1, 0.15) is 0 Å². The van der Waals surface area contributed by atoms with Crippen molar-refractivity contribution in [3.8, 4) is 0 Å². The lowest BCUT2D eigenvalue weighted by Gasteiger charge is -2.32. The summed E-state index contributed by atoms with van der Waals surface area (Å²) in [5.41, 5.74) is 0. The quantitative estimate of drug-likeness (QED) is 0.604. The predicted octanol–water partition coefficient (Wildman–Crippen LogP) is -1.13. The Morgan fingerprint density at radius 2 is 1.75 bits per heavy atom. The lowest BCUT2D eigenvalue weighted by atomic mass is 10.3. The van der Waals surface area contributed by atoms with E-state index in [1.165, 1.54) is 6.26 Å². The molecule has 96 valence electrons. The van der Waals surface area contributed by atoms with Crippen molar-refractivity contribution in [2.75, 3.05) is 64.9 Å². The average Bonchev–Trinajstić information content (AvgIpc) is 2.19. The van der Waals surface area contributed by atoms with Gasteiger partial charge in [0.15, 0.2) is 0 Å². The second-order valence-corrected chi connectivity index (χ2v) is 6.78. The van der Waals surface area contributed by atoms with E-state index in [1.807, 2.05) is 0 Å². The third kappa shape index (κ3) is 6.42. The van der Waals surface area contributed by atoms with Crippen molar-refractivity contribution in [2.24, 2.45) is 0 Å². The Morgan fingerprint density at radius 1 is 1.12 bits per heavy atom. The Bertz CT molecular complexity index is 284. The van der Waals surface area contributed by atoms with Gasteiger partial charge in [-0.15, -0.1) is 0 Å². The van der Waals surface area contributed by atoms with E-state index in [2.05, 4.69) is 22.2 Å². The molecular formula is C10H23N3O2S. The van der Waals surface area contributed by atoms with Gasteiger partial charge in [-0.3, -0.25) is 4.90 Å². The van der Waals surface area contributed by atoms with Gasteiger partial charge in [0.05, 0.1) is 5.75 Å². The highest BCUT2D eigenvalue weighted by Crippen LogP contribution is 1.97. The van der Waals surface area contributed by atoms with E-state index in [1.54, 1.807) is 0 Å². The molecule has 0 atom stereocenters. The zero-order valence-corrected chi connectivity index (χ0v) is 11.1. The maximum absolute atomic E-state index is 10.9. The molecule has 1 aliphatic rings. The number of nitrogens with one attached hydrogen (secondary N) is 1. The van der Waals surface area contributed by atoms with Gasteiger partial charge in [0.25, 0.3) is 0 Å². The smallest absolute Gasteiger partial charge is 0.148 e. The van der Waals surface area contributed by atoms with Crippen LogP contribution in [0.4, 0.5) is 0 Å². The van der Waals surface area contributed by atoms with Gasteiger partial charge < -0.3 is 10.2 Å². The fraction of sp³-hybridized carbons (Fsp3) is 1.00. The zero-order valence-electron chi connectivity index (χ0n) is 10.3. The standard InChI is InChI=1S/C10H23N3O2S/c1-12-6-8-13(9-7-12)5-3-11-4-10-16(2,14)15/h11H,3-10H2,1-2H3. The van der Waals surface area contributed by atoms with Crippen molar-refractivity contribution in [3.05, 3.63) is 0 Å². The predicted molar refractivity (Wildman–Crippen MR) is 66.5 cm³/mol. The van der Waals surface area contributed by atoms with Crippen molar-refractivity contribution in [1.82, 2.24) is 15.1 Å². The Labute approximate surface area is 98.7 Å². The number of sulfone groups is 1. The summed E-state index contributed by atoms with van der Waals surface area (Å²) in [5.74, 6) is 0.232. The second kappa shape index (κ2) is 6.54. The first kappa shape index (κ1) is 13.9. The Kier molecular flexibility index (Phi) is 5.68. The molecule has 16 heavy (non-hydrogen) atoms. The zero-order chi connectivity index (χ0) is 12.0. The fourth-order valence-corrected chi connectivity index (χ4v) is 2.21. The van der Waals surface area contributed by atoms with E-state index in [0.29, 0.717) is 6.54 Å². The number of piperazine rings is 1. The van der Waals surface area contributed by atoms with E-state index < -0.39 is 9.84 Å². The summed E-state index contributed by atoms with van der Waals surface area (Å²) < 4.78 is 21.8. The van der Waals surface area contributed by atoms with Crippen LogP contribution < -0.4 is 5.32 Å². The van der Waals surface area contributed by atoms with E-state index in [9.17, 15) is 8.42 Å². The summed E-state index contributed by atoms with van der Waals surface area (Å²) in [6.07, 6.45) is 1.27. The van der Waals surface area contributed by atoms with Crippen LogP contribution in [0.5, 0.6) is 0 Å². The first-order valence-corrected chi connectivity index (χ1v) is 7.83. The van der Waals surface area contributed by atoms with Crippen LogP contribution >= 0.6 is 0 Å². The molecule has 0 aliphatic carbocycles. The summed E-state index contributed by atoms with van der Waals surface area (Å²) >= 11 is 0. The van der Waals surface area contributed by atoms with Crippen molar-refractivity contribution in [1.29, 1.82) is 0 Å². The molecule has 0 amide bonds. The SMILES string of the molecule is CN1CCN(CCNCCS(C)(=O)=O)CC1. The number of likely N-dealkylation sites (N-methyl/N-ethyl adjacent to an activating group) is 1. The molecule has 1 rings (SSSR count). The normalized spacial score (nSPS) is 20.1. The molecule has 1 aliphatic heterocycles. The minimum atomic E-state index is -2.82. The van der Waals surface area contributed by atoms with Crippen LogP contribution in [-0.2, 0) is 9.84 Å². The van der Waals surface area contributed by atoms with Gasteiger partial charge in [-0.2, -0.15) is 0 Å². The van der Waals surface area contributed by atoms with E-state index >= 15 is 0 Å². The van der Waals surface area contributed by atoms with Crippen LogP contribution in [0.2, 0.25) is 0 Å². The molecule has 1 N–H and O–H groups in total. The molecule has 0 bridgehead atoms. The summed E-state index contributed by atoms with van der Waals surface area (Å²) in [7, 11) is -0.679. The van der Waals surface area contributed by atoms with E-state index in [4.69, 9.17) is 0 Å². The Morgan fingerprint density at radius 3 is 2.31 bits per heavy atom. The van der Waals surface area contributed by atoms with Crippen molar-refractivity contribution < 1.29 is 8.42 Å². The molecule has 0 aromatic rings. The highest BCUT2D eigenvalue weighted by atomic mass is 32.2. The molecule has 5 nitrogen and oxygen atoms in total. The van der Waals surface area contributed by atoms with Gasteiger partial charge >= 0.3 is 0 Å².